The van der Waals surface area contributed by atoms with Crippen molar-refractivity contribution in [2.45, 2.75) is 32.9 Å². The van der Waals surface area contributed by atoms with Gasteiger partial charge in [0.1, 0.15) is 6.17 Å². The molecule has 194 valence electrons. The van der Waals surface area contributed by atoms with Crippen molar-refractivity contribution >= 4 is 29.0 Å². The average Bonchev–Trinajstić information content (AvgIpc) is 3.51. The van der Waals surface area contributed by atoms with Crippen LogP contribution >= 0.6 is 0 Å². The Morgan fingerprint density at radius 3 is 2.27 bits per heavy atom. The molecule has 1 aromatic heterocycles. The molecule has 2 aliphatic rings. The minimum absolute atomic E-state index is 0.182. The van der Waals surface area contributed by atoms with E-state index in [1.54, 1.807) is 12.4 Å². The summed E-state index contributed by atoms with van der Waals surface area (Å²) in [7, 11) is 2.14. The van der Waals surface area contributed by atoms with Crippen LogP contribution in [0.2, 0.25) is 0 Å². The number of piperazine rings is 1. The lowest BCUT2D eigenvalue weighted by Crippen LogP contribution is -2.44. The summed E-state index contributed by atoms with van der Waals surface area (Å²) in [6, 6.07) is 13.6. The molecule has 0 aliphatic carbocycles. The summed E-state index contributed by atoms with van der Waals surface area (Å²) in [5, 5.41) is 6.10. The molecule has 0 spiro atoms. The SMILES string of the molecule is CCc1cccc(CC)c1NC(=O)n1cc2c(c1)C(NC(=O)c1ccc(N3CCN(C)CC3)cc1)NN2. The average molecular weight is 502 g/mol. The lowest BCUT2D eigenvalue weighted by atomic mass is 10.0. The molecule has 0 bridgehead atoms. The fraction of sp³-hybridized carbons (Fsp3) is 0.357. The summed E-state index contributed by atoms with van der Waals surface area (Å²) in [6.45, 7) is 8.20. The Morgan fingerprint density at radius 1 is 0.946 bits per heavy atom. The van der Waals surface area contributed by atoms with E-state index in [0.717, 1.165) is 72.8 Å². The van der Waals surface area contributed by atoms with Crippen LogP contribution in [0.1, 0.15) is 47.1 Å². The van der Waals surface area contributed by atoms with Gasteiger partial charge in [-0.2, -0.15) is 0 Å². The minimum Gasteiger partial charge on any atom is -0.369 e. The van der Waals surface area contributed by atoms with Gasteiger partial charge in [0.05, 0.1) is 5.69 Å². The predicted octanol–water partition coefficient (Wildman–Crippen LogP) is 3.80. The van der Waals surface area contributed by atoms with E-state index in [0.29, 0.717) is 5.56 Å². The van der Waals surface area contributed by atoms with Gasteiger partial charge in [0, 0.05) is 61.1 Å². The summed E-state index contributed by atoms with van der Waals surface area (Å²) in [5.74, 6) is -0.182. The molecule has 1 fully saturated rings. The van der Waals surface area contributed by atoms with Crippen LogP contribution in [-0.2, 0) is 12.8 Å². The first-order valence-electron chi connectivity index (χ1n) is 13.0. The summed E-state index contributed by atoms with van der Waals surface area (Å²) in [4.78, 5) is 30.7. The molecular formula is C28H35N7O2. The Bertz CT molecular complexity index is 1250. The van der Waals surface area contributed by atoms with E-state index >= 15 is 0 Å². The number of aromatic nitrogens is 1. The van der Waals surface area contributed by atoms with Gasteiger partial charge in [-0.15, -0.1) is 0 Å². The number of fused-ring (bicyclic) bond motifs is 1. The van der Waals surface area contributed by atoms with E-state index in [-0.39, 0.29) is 11.9 Å². The monoisotopic (exact) mass is 501 g/mol. The molecule has 3 heterocycles. The fourth-order valence-corrected chi connectivity index (χ4v) is 4.94. The topological polar surface area (TPSA) is 93.7 Å². The molecule has 2 aliphatic heterocycles. The van der Waals surface area contributed by atoms with E-state index < -0.39 is 6.17 Å². The third kappa shape index (κ3) is 5.19. The summed E-state index contributed by atoms with van der Waals surface area (Å²) < 4.78 is 1.52. The second-order valence-corrected chi connectivity index (χ2v) is 9.64. The van der Waals surface area contributed by atoms with Crippen LogP contribution in [0.5, 0.6) is 0 Å². The van der Waals surface area contributed by atoms with E-state index in [4.69, 9.17) is 0 Å². The molecule has 2 aromatic carbocycles. The first-order chi connectivity index (χ1) is 18.0. The number of benzene rings is 2. The van der Waals surface area contributed by atoms with Crippen LogP contribution < -0.4 is 26.4 Å². The number of hydrazine groups is 1. The molecule has 1 atom stereocenters. The number of aryl methyl sites for hydroxylation is 2. The highest BCUT2D eigenvalue weighted by atomic mass is 16.2. The zero-order valence-electron chi connectivity index (χ0n) is 21.7. The van der Waals surface area contributed by atoms with Gasteiger partial charge >= 0.3 is 6.03 Å². The highest BCUT2D eigenvalue weighted by Crippen LogP contribution is 2.29. The number of anilines is 3. The number of hydrogen-bond donors (Lipinski definition) is 4. The van der Waals surface area contributed by atoms with Gasteiger partial charge in [-0.05, 0) is 55.3 Å². The van der Waals surface area contributed by atoms with Gasteiger partial charge in [0.15, 0.2) is 0 Å². The van der Waals surface area contributed by atoms with Crippen LogP contribution in [0.3, 0.4) is 0 Å². The standard InChI is InChI=1S/C28H35N7O2/c1-4-19-7-6-8-20(5-2)25(19)29-28(37)35-17-23-24(18-35)31-32-26(23)30-27(36)21-9-11-22(12-10-21)34-15-13-33(3)14-16-34/h6-12,17-18,26,31-32H,4-5,13-16H2,1-3H3,(H,29,37)(H,30,36). The maximum absolute atomic E-state index is 13.1. The molecule has 0 radical (unpaired) electrons. The minimum atomic E-state index is -0.456. The normalized spacial score (nSPS) is 17.3. The maximum Gasteiger partial charge on any atom is 0.330 e. The van der Waals surface area contributed by atoms with Gasteiger partial charge in [0.25, 0.3) is 5.91 Å². The molecule has 1 unspecified atom stereocenters. The van der Waals surface area contributed by atoms with Gasteiger partial charge in [-0.3, -0.25) is 9.36 Å². The number of nitrogens with zero attached hydrogens (tertiary/aromatic N) is 3. The molecule has 4 N–H and O–H groups in total. The van der Waals surface area contributed by atoms with Crippen molar-refractivity contribution < 1.29 is 9.59 Å². The molecule has 9 heteroatoms. The Balaban J connectivity index is 1.25. The van der Waals surface area contributed by atoms with Crippen LogP contribution in [-0.4, -0.2) is 54.6 Å². The van der Waals surface area contributed by atoms with Crippen LogP contribution in [0, 0.1) is 0 Å². The number of carbonyl (C=O) groups excluding carboxylic acids is 2. The molecule has 3 aromatic rings. The summed E-state index contributed by atoms with van der Waals surface area (Å²) >= 11 is 0. The Hall–Kier alpha value is -3.82. The van der Waals surface area contributed by atoms with Gasteiger partial charge in [-0.1, -0.05) is 32.0 Å². The fourth-order valence-electron chi connectivity index (χ4n) is 4.94. The van der Waals surface area contributed by atoms with Crippen LogP contribution in [0.4, 0.5) is 21.9 Å². The first kappa shape index (κ1) is 24.9. The largest absolute Gasteiger partial charge is 0.369 e. The van der Waals surface area contributed by atoms with Crippen molar-refractivity contribution in [3.8, 4) is 0 Å². The number of hydrogen-bond acceptors (Lipinski definition) is 6. The smallest absolute Gasteiger partial charge is 0.330 e. The second-order valence-electron chi connectivity index (χ2n) is 9.64. The molecule has 0 saturated carbocycles. The number of likely N-dealkylation sites (N-methyl/N-ethyl adjacent to an activating group) is 1. The lowest BCUT2D eigenvalue weighted by molar-refractivity contribution is 0.0933. The Kier molecular flexibility index (Phi) is 7.16. The maximum atomic E-state index is 13.1. The van der Waals surface area contributed by atoms with Crippen molar-refractivity contribution in [3.63, 3.8) is 0 Å². The third-order valence-corrected chi connectivity index (χ3v) is 7.26. The highest BCUT2D eigenvalue weighted by molar-refractivity contribution is 5.96. The van der Waals surface area contributed by atoms with Crippen molar-refractivity contribution in [1.29, 1.82) is 0 Å². The highest BCUT2D eigenvalue weighted by Gasteiger charge is 2.27. The van der Waals surface area contributed by atoms with Crippen molar-refractivity contribution in [1.82, 2.24) is 20.2 Å². The molecule has 37 heavy (non-hydrogen) atoms. The van der Waals surface area contributed by atoms with E-state index in [9.17, 15) is 9.59 Å². The third-order valence-electron chi connectivity index (χ3n) is 7.26. The van der Waals surface area contributed by atoms with Crippen LogP contribution in [0.25, 0.3) is 0 Å². The van der Waals surface area contributed by atoms with E-state index in [1.807, 2.05) is 42.5 Å². The van der Waals surface area contributed by atoms with Crippen LogP contribution in [0.15, 0.2) is 54.9 Å². The quantitative estimate of drug-likeness (QED) is 0.411. The molecule has 2 amide bonds. The number of carbonyl (C=O) groups is 2. The predicted molar refractivity (Wildman–Crippen MR) is 147 cm³/mol. The van der Waals surface area contributed by atoms with Crippen molar-refractivity contribution in [2.75, 3.05) is 48.9 Å². The first-order valence-corrected chi connectivity index (χ1v) is 13.0. The van der Waals surface area contributed by atoms with Crippen molar-refractivity contribution in [3.05, 3.63) is 77.1 Å². The number of para-hydroxylation sites is 1. The Labute approximate surface area is 217 Å². The number of nitrogens with one attached hydrogen (secondary N) is 4. The summed E-state index contributed by atoms with van der Waals surface area (Å²) in [6.07, 6.45) is 4.69. The lowest BCUT2D eigenvalue weighted by Gasteiger charge is -2.34. The Morgan fingerprint density at radius 2 is 1.62 bits per heavy atom. The zero-order valence-corrected chi connectivity index (χ0v) is 21.7. The van der Waals surface area contributed by atoms with Gasteiger partial charge in [0.2, 0.25) is 0 Å². The van der Waals surface area contributed by atoms with E-state index in [1.165, 1.54) is 4.57 Å². The molecule has 9 nitrogen and oxygen atoms in total. The van der Waals surface area contributed by atoms with Gasteiger partial charge in [-0.25, -0.2) is 10.2 Å². The number of amides is 2. The van der Waals surface area contributed by atoms with E-state index in [2.05, 4.69) is 52.2 Å². The zero-order chi connectivity index (χ0) is 25.9. The van der Waals surface area contributed by atoms with Gasteiger partial charge < -0.3 is 25.9 Å². The molecule has 5 rings (SSSR count). The van der Waals surface area contributed by atoms with Crippen molar-refractivity contribution in [2.24, 2.45) is 0 Å². The second kappa shape index (κ2) is 10.7. The summed E-state index contributed by atoms with van der Waals surface area (Å²) in [5.41, 5.74) is 12.5. The number of rotatable bonds is 6. The molecule has 1 saturated heterocycles. The molecular weight excluding hydrogens is 466 g/mol.